The molecule has 0 radical (unpaired) electrons. The van der Waals surface area contributed by atoms with Gasteiger partial charge >= 0.3 is 0 Å². The number of hydrogen-bond acceptors (Lipinski definition) is 5. The van der Waals surface area contributed by atoms with E-state index >= 15 is 0 Å². The summed E-state index contributed by atoms with van der Waals surface area (Å²) in [6.45, 7) is 0.668. The van der Waals surface area contributed by atoms with Crippen LogP contribution in [0.1, 0.15) is 17.5 Å². The van der Waals surface area contributed by atoms with Crippen LogP contribution in [0.2, 0.25) is 0 Å². The van der Waals surface area contributed by atoms with Crippen LogP contribution in [-0.2, 0) is 16.9 Å². The van der Waals surface area contributed by atoms with Crippen LogP contribution in [0.5, 0.6) is 0 Å². The largest absolute Gasteiger partial charge is 0.384 e. The average Bonchev–Trinajstić information content (AvgIpc) is 3.01. The molecule has 2 aliphatic heterocycles. The Kier molecular flexibility index (Phi) is 4.44. The van der Waals surface area contributed by atoms with Gasteiger partial charge in [0.1, 0.15) is 5.82 Å². The Hall–Kier alpha value is -3.13. The third-order valence-electron chi connectivity index (χ3n) is 5.98. The minimum absolute atomic E-state index is 0.0247. The minimum Gasteiger partial charge on any atom is -0.384 e. The minimum atomic E-state index is -3.33. The Labute approximate surface area is 179 Å². The van der Waals surface area contributed by atoms with E-state index in [9.17, 15) is 17.6 Å². The first-order chi connectivity index (χ1) is 14.7. The number of sulfone groups is 1. The van der Waals surface area contributed by atoms with Gasteiger partial charge in [0.25, 0.3) is 5.56 Å². The quantitative estimate of drug-likeness (QED) is 0.796. The maximum atomic E-state index is 13.5. The molecule has 3 heterocycles. The van der Waals surface area contributed by atoms with Gasteiger partial charge in [-0.05, 0) is 59.5 Å². The highest BCUT2D eigenvalue weighted by atomic mass is 32.2. The van der Waals surface area contributed by atoms with Gasteiger partial charge in [0.2, 0.25) is 0 Å². The van der Waals surface area contributed by atoms with Gasteiger partial charge in [-0.3, -0.25) is 4.79 Å². The van der Waals surface area contributed by atoms with Gasteiger partial charge in [0.05, 0.1) is 23.1 Å². The Morgan fingerprint density at radius 3 is 2.65 bits per heavy atom. The van der Waals surface area contributed by atoms with E-state index in [0.29, 0.717) is 23.2 Å². The van der Waals surface area contributed by atoms with Gasteiger partial charge in [-0.25, -0.2) is 12.8 Å². The molecule has 2 aromatic rings. The van der Waals surface area contributed by atoms with E-state index in [1.165, 1.54) is 23.0 Å². The van der Waals surface area contributed by atoms with E-state index in [0.717, 1.165) is 29.0 Å². The molecule has 1 aliphatic carbocycles. The molecule has 1 N–H and O–H groups in total. The molecule has 1 aromatic heterocycles. The van der Waals surface area contributed by atoms with Gasteiger partial charge < -0.3 is 14.8 Å². The standard InChI is InChI=1S/C23H22FN3O3S/c1-26-10-8-18-15(13-31(2,29)30)11-14-12-27(17-5-3-16(24)4-6-17)19-7-9-25-22(20(14)19)21(18)23(26)28/h3-6,8,10-12,19,25H,7,9,13H2,1-2H3. The second-order valence-corrected chi connectivity index (χ2v) is 10.4. The maximum absolute atomic E-state index is 13.5. The van der Waals surface area contributed by atoms with Crippen molar-refractivity contribution in [2.24, 2.45) is 7.05 Å². The lowest BCUT2D eigenvalue weighted by molar-refractivity contribution is 0.605. The predicted molar refractivity (Wildman–Crippen MR) is 120 cm³/mol. The molecule has 1 atom stereocenters. The van der Waals surface area contributed by atoms with E-state index in [2.05, 4.69) is 10.2 Å². The van der Waals surface area contributed by atoms with E-state index in [-0.39, 0.29) is 23.2 Å². The molecule has 1 unspecified atom stereocenters. The Morgan fingerprint density at radius 2 is 1.94 bits per heavy atom. The zero-order valence-corrected chi connectivity index (χ0v) is 18.0. The fourth-order valence-corrected chi connectivity index (χ4v) is 5.48. The number of nitrogens with one attached hydrogen (secondary N) is 1. The Balaban J connectivity index is 1.77. The molecule has 0 fully saturated rings. The number of halogens is 1. The van der Waals surface area contributed by atoms with Gasteiger partial charge in [-0.15, -0.1) is 0 Å². The van der Waals surface area contributed by atoms with Crippen LogP contribution < -0.4 is 15.8 Å². The number of hydrogen-bond donors (Lipinski definition) is 1. The van der Waals surface area contributed by atoms with Crippen LogP contribution in [0, 0.1) is 5.82 Å². The number of benzene rings is 1. The van der Waals surface area contributed by atoms with Crippen LogP contribution in [0.25, 0.3) is 11.3 Å². The number of pyridine rings is 1. The SMILES string of the molecule is Cn1ccc2c(c1=O)C1=C3C(=CN(c4ccc(F)cc4)C3CCN1)C=C2CS(C)(=O)=O. The summed E-state index contributed by atoms with van der Waals surface area (Å²) in [7, 11) is -1.64. The van der Waals surface area contributed by atoms with Crippen molar-refractivity contribution >= 4 is 26.8 Å². The lowest BCUT2D eigenvalue weighted by Crippen LogP contribution is -2.38. The summed E-state index contributed by atoms with van der Waals surface area (Å²) >= 11 is 0. The number of rotatable bonds is 3. The fourth-order valence-electron chi connectivity index (χ4n) is 4.68. The zero-order valence-electron chi connectivity index (χ0n) is 17.2. The highest BCUT2D eigenvalue weighted by molar-refractivity contribution is 7.91. The molecular formula is C23H22FN3O3S. The fraction of sp³-hybridized carbons (Fsp3) is 0.261. The van der Waals surface area contributed by atoms with E-state index in [1.54, 1.807) is 25.4 Å². The second kappa shape index (κ2) is 6.95. The molecule has 8 heteroatoms. The van der Waals surface area contributed by atoms with Crippen molar-refractivity contribution in [1.82, 2.24) is 9.88 Å². The highest BCUT2D eigenvalue weighted by Gasteiger charge is 2.38. The monoisotopic (exact) mass is 439 g/mol. The number of aryl methyl sites for hydroxylation is 1. The molecule has 3 aliphatic rings. The normalized spacial score (nSPS) is 19.8. The molecule has 0 spiro atoms. The molecule has 0 saturated carbocycles. The zero-order chi connectivity index (χ0) is 21.9. The number of allylic oxidation sites excluding steroid dienone is 1. The molecule has 6 nitrogen and oxygen atoms in total. The van der Waals surface area contributed by atoms with Gasteiger partial charge in [0.15, 0.2) is 9.84 Å². The second-order valence-electron chi connectivity index (χ2n) is 8.25. The van der Waals surface area contributed by atoms with Gasteiger partial charge in [0, 0.05) is 43.5 Å². The van der Waals surface area contributed by atoms with Crippen molar-refractivity contribution < 1.29 is 12.8 Å². The predicted octanol–water partition coefficient (Wildman–Crippen LogP) is 2.44. The van der Waals surface area contributed by atoms with Gasteiger partial charge in [-0.1, -0.05) is 0 Å². The average molecular weight is 440 g/mol. The summed E-state index contributed by atoms with van der Waals surface area (Å²) in [6.07, 6.45) is 7.52. The Bertz CT molecular complexity index is 1350. The molecule has 0 amide bonds. The first-order valence-electron chi connectivity index (χ1n) is 10.1. The van der Waals surface area contributed by atoms with Gasteiger partial charge in [-0.2, -0.15) is 0 Å². The lowest BCUT2D eigenvalue weighted by atomic mass is 9.92. The van der Waals surface area contributed by atoms with Crippen LogP contribution in [0.4, 0.5) is 10.1 Å². The van der Waals surface area contributed by atoms with Crippen LogP contribution in [0.15, 0.2) is 64.7 Å². The Morgan fingerprint density at radius 1 is 1.19 bits per heavy atom. The molecule has 31 heavy (non-hydrogen) atoms. The first kappa shape index (κ1) is 19.8. The van der Waals surface area contributed by atoms with Crippen molar-refractivity contribution in [3.63, 3.8) is 0 Å². The number of fused-ring (bicyclic) bond motifs is 2. The molecular weight excluding hydrogens is 417 g/mol. The molecule has 1 aromatic carbocycles. The van der Waals surface area contributed by atoms with E-state index < -0.39 is 9.84 Å². The summed E-state index contributed by atoms with van der Waals surface area (Å²) in [5, 5.41) is 3.41. The number of nitrogens with zero attached hydrogens (tertiary/aromatic N) is 2. The summed E-state index contributed by atoms with van der Waals surface area (Å²) in [5.74, 6) is -0.463. The number of anilines is 1. The topological polar surface area (TPSA) is 71.4 Å². The molecule has 0 bridgehead atoms. The van der Waals surface area contributed by atoms with Crippen LogP contribution in [-0.4, -0.2) is 37.6 Å². The summed E-state index contributed by atoms with van der Waals surface area (Å²) in [5.41, 5.74) is 5.02. The van der Waals surface area contributed by atoms with Crippen molar-refractivity contribution in [3.8, 4) is 0 Å². The number of aromatic nitrogens is 1. The summed E-state index contributed by atoms with van der Waals surface area (Å²) in [6, 6.07) is 8.10. The molecule has 160 valence electrons. The van der Waals surface area contributed by atoms with Crippen LogP contribution >= 0.6 is 0 Å². The lowest BCUT2D eigenvalue weighted by Gasteiger charge is -2.32. The molecule has 0 saturated heterocycles. The summed E-state index contributed by atoms with van der Waals surface area (Å²) < 4.78 is 39.4. The first-order valence-corrected chi connectivity index (χ1v) is 12.1. The van der Waals surface area contributed by atoms with Crippen LogP contribution in [0.3, 0.4) is 0 Å². The third-order valence-corrected chi connectivity index (χ3v) is 6.82. The van der Waals surface area contributed by atoms with E-state index in [1.807, 2.05) is 18.3 Å². The smallest absolute Gasteiger partial charge is 0.260 e. The van der Waals surface area contributed by atoms with Crippen molar-refractivity contribution in [1.29, 1.82) is 0 Å². The summed E-state index contributed by atoms with van der Waals surface area (Å²) in [4.78, 5) is 15.3. The highest BCUT2D eigenvalue weighted by Crippen LogP contribution is 2.43. The van der Waals surface area contributed by atoms with Crippen molar-refractivity contribution in [2.75, 3.05) is 23.5 Å². The van der Waals surface area contributed by atoms with Crippen molar-refractivity contribution in [3.05, 3.63) is 87.2 Å². The van der Waals surface area contributed by atoms with E-state index in [4.69, 9.17) is 0 Å². The third kappa shape index (κ3) is 3.31. The van der Waals surface area contributed by atoms with Crippen molar-refractivity contribution in [2.45, 2.75) is 12.5 Å². The maximum Gasteiger partial charge on any atom is 0.260 e. The molecule has 5 rings (SSSR count).